The first-order valence-corrected chi connectivity index (χ1v) is 5.74. The van der Waals surface area contributed by atoms with Crippen molar-refractivity contribution in [3.8, 4) is 22.9 Å². The van der Waals surface area contributed by atoms with Crippen molar-refractivity contribution in [1.82, 2.24) is 9.55 Å². The molecule has 1 aromatic heterocycles. The van der Waals surface area contributed by atoms with E-state index in [1.54, 1.807) is 0 Å². The summed E-state index contributed by atoms with van der Waals surface area (Å²) in [7, 11) is 1.93. The van der Waals surface area contributed by atoms with E-state index in [2.05, 4.69) is 4.98 Å². The molecule has 3 rings (SSSR count). The van der Waals surface area contributed by atoms with Gasteiger partial charge >= 0.3 is 0 Å². The molecule has 2 aromatic rings. The second-order valence-corrected chi connectivity index (χ2v) is 4.25. The maximum absolute atomic E-state index is 9.24. The summed E-state index contributed by atoms with van der Waals surface area (Å²) in [4.78, 5) is 4.44. The largest absolute Gasteiger partial charge is 0.454 e. The van der Waals surface area contributed by atoms with Crippen molar-refractivity contribution in [2.45, 2.75) is 13.5 Å². The molecule has 0 unspecified atom stereocenters. The number of hydrogen-bond acceptors (Lipinski definition) is 4. The first-order chi connectivity index (χ1) is 8.70. The highest BCUT2D eigenvalue weighted by Gasteiger charge is 2.17. The predicted octanol–water partition coefficient (Wildman–Crippen LogP) is 1.62. The lowest BCUT2D eigenvalue weighted by Gasteiger charge is -2.04. The highest BCUT2D eigenvalue weighted by atomic mass is 16.7. The van der Waals surface area contributed by atoms with Crippen LogP contribution in [0.3, 0.4) is 0 Å². The summed E-state index contributed by atoms with van der Waals surface area (Å²) in [5, 5.41) is 9.24. The lowest BCUT2D eigenvalue weighted by molar-refractivity contribution is 0.174. The van der Waals surface area contributed by atoms with E-state index in [1.165, 1.54) is 0 Å². The molecular weight excluding hydrogens is 232 g/mol. The van der Waals surface area contributed by atoms with Crippen molar-refractivity contribution in [3.05, 3.63) is 29.6 Å². The molecule has 5 heteroatoms. The Balaban J connectivity index is 2.10. The van der Waals surface area contributed by atoms with Gasteiger partial charge in [-0.2, -0.15) is 0 Å². The minimum atomic E-state index is -0.0514. The SMILES string of the molecule is Cc1c(CO)nc(-c2ccc3c(c2)OCO3)n1C. The van der Waals surface area contributed by atoms with Crippen molar-refractivity contribution in [2.24, 2.45) is 7.05 Å². The van der Waals surface area contributed by atoms with Gasteiger partial charge in [0.2, 0.25) is 6.79 Å². The second kappa shape index (κ2) is 4.03. The van der Waals surface area contributed by atoms with Gasteiger partial charge in [-0.25, -0.2) is 4.98 Å². The molecular formula is C13H14N2O3. The zero-order valence-corrected chi connectivity index (χ0v) is 10.3. The van der Waals surface area contributed by atoms with E-state index < -0.39 is 0 Å². The fraction of sp³-hybridized carbons (Fsp3) is 0.308. The van der Waals surface area contributed by atoms with Gasteiger partial charge in [0, 0.05) is 18.3 Å². The van der Waals surface area contributed by atoms with Crippen LogP contribution in [0.4, 0.5) is 0 Å². The number of hydrogen-bond donors (Lipinski definition) is 1. The Bertz CT molecular complexity index is 605. The van der Waals surface area contributed by atoms with Crippen LogP contribution in [-0.4, -0.2) is 21.5 Å². The molecule has 5 nitrogen and oxygen atoms in total. The lowest BCUT2D eigenvalue weighted by atomic mass is 10.2. The summed E-state index contributed by atoms with van der Waals surface area (Å²) >= 11 is 0. The molecule has 1 N–H and O–H groups in total. The molecule has 0 amide bonds. The topological polar surface area (TPSA) is 56.5 Å². The fourth-order valence-corrected chi connectivity index (χ4v) is 2.08. The number of aromatic nitrogens is 2. The van der Waals surface area contributed by atoms with Crippen LogP contribution in [0.5, 0.6) is 11.5 Å². The van der Waals surface area contributed by atoms with Gasteiger partial charge in [0.25, 0.3) is 0 Å². The molecule has 0 atom stereocenters. The number of aliphatic hydroxyl groups is 1. The Morgan fingerprint density at radius 3 is 2.83 bits per heavy atom. The number of rotatable bonds is 2. The van der Waals surface area contributed by atoms with Gasteiger partial charge in [-0.1, -0.05) is 0 Å². The highest BCUT2D eigenvalue weighted by Crippen LogP contribution is 2.35. The standard InChI is InChI=1S/C13H14N2O3/c1-8-10(6-16)14-13(15(8)2)9-3-4-11-12(5-9)18-7-17-11/h3-5,16H,6-7H2,1-2H3. The summed E-state index contributed by atoms with van der Waals surface area (Å²) in [5.41, 5.74) is 2.61. The van der Waals surface area contributed by atoms with Crippen LogP contribution < -0.4 is 9.47 Å². The summed E-state index contributed by atoms with van der Waals surface area (Å²) < 4.78 is 12.6. The summed E-state index contributed by atoms with van der Waals surface area (Å²) in [6.07, 6.45) is 0. The summed E-state index contributed by atoms with van der Waals surface area (Å²) in [6, 6.07) is 5.72. The van der Waals surface area contributed by atoms with Crippen LogP contribution in [0.1, 0.15) is 11.4 Å². The van der Waals surface area contributed by atoms with E-state index in [-0.39, 0.29) is 13.4 Å². The molecule has 0 saturated heterocycles. The van der Waals surface area contributed by atoms with Crippen LogP contribution in [0.2, 0.25) is 0 Å². The van der Waals surface area contributed by atoms with Crippen LogP contribution in [-0.2, 0) is 13.7 Å². The third-order valence-electron chi connectivity index (χ3n) is 3.26. The number of benzene rings is 1. The number of fused-ring (bicyclic) bond motifs is 1. The molecule has 1 aliphatic rings. The van der Waals surface area contributed by atoms with Gasteiger partial charge in [-0.05, 0) is 25.1 Å². The van der Waals surface area contributed by atoms with Crippen molar-refractivity contribution in [1.29, 1.82) is 0 Å². The van der Waals surface area contributed by atoms with Crippen molar-refractivity contribution >= 4 is 0 Å². The Labute approximate surface area is 105 Å². The first kappa shape index (κ1) is 11.1. The minimum absolute atomic E-state index is 0.0514. The van der Waals surface area contributed by atoms with Crippen molar-refractivity contribution < 1.29 is 14.6 Å². The van der Waals surface area contributed by atoms with Gasteiger partial charge in [0.1, 0.15) is 5.82 Å². The minimum Gasteiger partial charge on any atom is -0.454 e. The van der Waals surface area contributed by atoms with E-state index >= 15 is 0 Å². The average molecular weight is 246 g/mol. The van der Waals surface area contributed by atoms with E-state index in [4.69, 9.17) is 9.47 Å². The molecule has 0 fully saturated rings. The van der Waals surface area contributed by atoms with Gasteiger partial charge in [0.15, 0.2) is 11.5 Å². The molecule has 1 aromatic carbocycles. The van der Waals surface area contributed by atoms with Crippen molar-refractivity contribution in [2.75, 3.05) is 6.79 Å². The number of ether oxygens (including phenoxy) is 2. The van der Waals surface area contributed by atoms with Crippen LogP contribution >= 0.6 is 0 Å². The highest BCUT2D eigenvalue weighted by molar-refractivity contribution is 5.62. The molecule has 0 bridgehead atoms. The maximum Gasteiger partial charge on any atom is 0.231 e. The van der Waals surface area contributed by atoms with E-state index in [0.29, 0.717) is 5.69 Å². The Morgan fingerprint density at radius 2 is 2.11 bits per heavy atom. The fourth-order valence-electron chi connectivity index (χ4n) is 2.08. The Hall–Kier alpha value is -2.01. The predicted molar refractivity (Wildman–Crippen MR) is 65.4 cm³/mol. The smallest absolute Gasteiger partial charge is 0.231 e. The normalized spacial score (nSPS) is 13.1. The molecule has 1 aliphatic heterocycles. The third kappa shape index (κ3) is 1.55. The monoisotopic (exact) mass is 246 g/mol. The molecule has 0 radical (unpaired) electrons. The van der Waals surface area contributed by atoms with Gasteiger partial charge in [0.05, 0.1) is 12.3 Å². The zero-order valence-electron chi connectivity index (χ0n) is 10.3. The van der Waals surface area contributed by atoms with E-state index in [9.17, 15) is 5.11 Å². The maximum atomic E-state index is 9.24. The number of aliphatic hydroxyl groups excluding tert-OH is 1. The lowest BCUT2D eigenvalue weighted by Crippen LogP contribution is -1.95. The average Bonchev–Trinajstić information content (AvgIpc) is 2.95. The second-order valence-electron chi connectivity index (χ2n) is 4.25. The van der Waals surface area contributed by atoms with Crippen LogP contribution in [0.15, 0.2) is 18.2 Å². The Morgan fingerprint density at radius 1 is 1.33 bits per heavy atom. The van der Waals surface area contributed by atoms with E-state index in [0.717, 1.165) is 28.6 Å². The molecule has 94 valence electrons. The third-order valence-corrected chi connectivity index (χ3v) is 3.26. The van der Waals surface area contributed by atoms with Crippen LogP contribution in [0.25, 0.3) is 11.4 Å². The van der Waals surface area contributed by atoms with E-state index in [1.807, 2.05) is 36.7 Å². The molecule has 0 saturated carbocycles. The summed E-state index contributed by atoms with van der Waals surface area (Å²) in [5.74, 6) is 2.31. The quantitative estimate of drug-likeness (QED) is 0.874. The molecule has 2 heterocycles. The van der Waals surface area contributed by atoms with Crippen molar-refractivity contribution in [3.63, 3.8) is 0 Å². The first-order valence-electron chi connectivity index (χ1n) is 5.74. The Kier molecular flexibility index (Phi) is 2.48. The number of nitrogens with zero attached hydrogens (tertiary/aromatic N) is 2. The van der Waals surface area contributed by atoms with Crippen LogP contribution in [0, 0.1) is 6.92 Å². The zero-order chi connectivity index (χ0) is 12.7. The molecule has 0 spiro atoms. The van der Waals surface area contributed by atoms with Gasteiger partial charge < -0.3 is 19.1 Å². The summed E-state index contributed by atoms with van der Waals surface area (Å²) in [6.45, 7) is 2.15. The van der Waals surface area contributed by atoms with Gasteiger partial charge in [-0.3, -0.25) is 0 Å². The number of imidazole rings is 1. The molecule has 0 aliphatic carbocycles. The van der Waals surface area contributed by atoms with Gasteiger partial charge in [-0.15, -0.1) is 0 Å². The molecule has 18 heavy (non-hydrogen) atoms.